The van der Waals surface area contributed by atoms with Crippen LogP contribution in [0.2, 0.25) is 0 Å². The standard InChI is InChI=1S/C19H21F2N3S/c1-2-13-11-25-19-23-17(16-14(20)9-6-10-15(16)21)18(24(13)19)22-12-7-4-3-5-8-12/h6,9-12,22H,2-5,7-8H2,1H3. The SMILES string of the molecule is CCc1csc2nc(-c3c(F)cccc3F)c(NC3CCCCC3)n12. The fourth-order valence-corrected chi connectivity index (χ4v) is 4.60. The molecule has 132 valence electrons. The predicted molar refractivity (Wildman–Crippen MR) is 98.3 cm³/mol. The first-order valence-corrected chi connectivity index (χ1v) is 9.76. The average molecular weight is 361 g/mol. The molecule has 3 nitrogen and oxygen atoms in total. The van der Waals surface area contributed by atoms with Crippen LogP contribution < -0.4 is 5.32 Å². The normalized spacial score (nSPS) is 15.8. The molecule has 0 aliphatic heterocycles. The van der Waals surface area contributed by atoms with Crippen molar-refractivity contribution in [1.29, 1.82) is 0 Å². The van der Waals surface area contributed by atoms with E-state index in [0.717, 1.165) is 35.7 Å². The Balaban J connectivity index is 1.88. The van der Waals surface area contributed by atoms with Crippen LogP contribution in [-0.4, -0.2) is 15.4 Å². The summed E-state index contributed by atoms with van der Waals surface area (Å²) in [5.74, 6) is -0.421. The minimum Gasteiger partial charge on any atom is -0.367 e. The molecule has 1 aliphatic carbocycles. The molecule has 0 unspecified atom stereocenters. The van der Waals surface area contributed by atoms with E-state index >= 15 is 0 Å². The lowest BCUT2D eigenvalue weighted by molar-refractivity contribution is 0.461. The molecule has 0 atom stereocenters. The highest BCUT2D eigenvalue weighted by atomic mass is 32.1. The first-order chi connectivity index (χ1) is 12.2. The van der Waals surface area contributed by atoms with Gasteiger partial charge in [0.05, 0.1) is 5.56 Å². The Morgan fingerprint density at radius 2 is 1.92 bits per heavy atom. The monoisotopic (exact) mass is 361 g/mol. The highest BCUT2D eigenvalue weighted by molar-refractivity contribution is 7.15. The van der Waals surface area contributed by atoms with Gasteiger partial charge in [0.1, 0.15) is 23.1 Å². The molecule has 0 spiro atoms. The van der Waals surface area contributed by atoms with Crippen LogP contribution in [0.5, 0.6) is 0 Å². The van der Waals surface area contributed by atoms with E-state index in [2.05, 4.69) is 22.6 Å². The van der Waals surface area contributed by atoms with Crippen molar-refractivity contribution in [3.63, 3.8) is 0 Å². The van der Waals surface area contributed by atoms with E-state index in [1.54, 1.807) is 0 Å². The molecular weight excluding hydrogens is 340 g/mol. The van der Waals surface area contributed by atoms with E-state index in [1.165, 1.54) is 48.8 Å². The number of nitrogens with zero attached hydrogens (tertiary/aromatic N) is 2. The number of aromatic nitrogens is 2. The lowest BCUT2D eigenvalue weighted by Crippen LogP contribution is -2.23. The zero-order chi connectivity index (χ0) is 17.4. The molecule has 25 heavy (non-hydrogen) atoms. The van der Waals surface area contributed by atoms with Gasteiger partial charge in [-0.15, -0.1) is 11.3 Å². The van der Waals surface area contributed by atoms with Crippen LogP contribution in [0, 0.1) is 11.6 Å². The summed E-state index contributed by atoms with van der Waals surface area (Å²) in [6.45, 7) is 2.08. The maximum Gasteiger partial charge on any atom is 0.196 e. The third-order valence-electron chi connectivity index (χ3n) is 4.94. The van der Waals surface area contributed by atoms with Crippen molar-refractivity contribution >= 4 is 22.1 Å². The maximum atomic E-state index is 14.4. The minimum atomic E-state index is -0.574. The number of fused-ring (bicyclic) bond motifs is 1. The van der Waals surface area contributed by atoms with Gasteiger partial charge in [-0.1, -0.05) is 32.3 Å². The van der Waals surface area contributed by atoms with Gasteiger partial charge in [-0.25, -0.2) is 13.8 Å². The molecule has 0 amide bonds. The van der Waals surface area contributed by atoms with E-state index in [-0.39, 0.29) is 5.56 Å². The summed E-state index contributed by atoms with van der Waals surface area (Å²) in [5.41, 5.74) is 1.44. The molecule has 1 N–H and O–H groups in total. The zero-order valence-electron chi connectivity index (χ0n) is 14.2. The van der Waals surface area contributed by atoms with Gasteiger partial charge in [-0.05, 0) is 31.4 Å². The molecule has 1 aromatic carbocycles. The van der Waals surface area contributed by atoms with Crippen molar-refractivity contribution in [2.24, 2.45) is 0 Å². The Morgan fingerprint density at radius 3 is 2.60 bits per heavy atom. The molecule has 0 bridgehead atoms. The molecule has 2 aromatic heterocycles. The van der Waals surface area contributed by atoms with Crippen LogP contribution in [0.3, 0.4) is 0 Å². The van der Waals surface area contributed by atoms with Gasteiger partial charge >= 0.3 is 0 Å². The fraction of sp³-hybridized carbons (Fsp3) is 0.421. The number of nitrogens with one attached hydrogen (secondary N) is 1. The van der Waals surface area contributed by atoms with Crippen LogP contribution in [0.15, 0.2) is 23.6 Å². The number of imidazole rings is 1. The van der Waals surface area contributed by atoms with Gasteiger partial charge in [-0.2, -0.15) is 0 Å². The maximum absolute atomic E-state index is 14.4. The number of hydrogen-bond donors (Lipinski definition) is 1. The lowest BCUT2D eigenvalue weighted by Gasteiger charge is -2.24. The number of aryl methyl sites for hydroxylation is 1. The van der Waals surface area contributed by atoms with Crippen molar-refractivity contribution in [1.82, 2.24) is 9.38 Å². The predicted octanol–water partition coefficient (Wildman–Crippen LogP) is 5.65. The number of hydrogen-bond acceptors (Lipinski definition) is 3. The molecule has 6 heteroatoms. The largest absolute Gasteiger partial charge is 0.367 e. The number of rotatable bonds is 4. The second-order valence-corrected chi connectivity index (χ2v) is 7.42. The molecule has 4 rings (SSSR count). The molecule has 0 saturated heterocycles. The van der Waals surface area contributed by atoms with Crippen LogP contribution in [0.4, 0.5) is 14.6 Å². The summed E-state index contributed by atoms with van der Waals surface area (Å²) >= 11 is 1.51. The van der Waals surface area contributed by atoms with E-state index in [0.29, 0.717) is 11.7 Å². The van der Waals surface area contributed by atoms with Crippen molar-refractivity contribution in [3.05, 3.63) is 40.9 Å². The van der Waals surface area contributed by atoms with E-state index < -0.39 is 11.6 Å². The molecule has 0 radical (unpaired) electrons. The van der Waals surface area contributed by atoms with Crippen molar-refractivity contribution in [3.8, 4) is 11.3 Å². The Morgan fingerprint density at radius 1 is 1.20 bits per heavy atom. The number of thiazole rings is 1. The van der Waals surface area contributed by atoms with Crippen LogP contribution >= 0.6 is 11.3 Å². The number of halogens is 2. The number of anilines is 1. The van der Waals surface area contributed by atoms with Crippen LogP contribution in [0.1, 0.15) is 44.7 Å². The molecule has 1 fully saturated rings. The zero-order valence-corrected chi connectivity index (χ0v) is 15.0. The fourth-order valence-electron chi connectivity index (χ4n) is 3.63. The van der Waals surface area contributed by atoms with Gasteiger partial charge in [0, 0.05) is 17.1 Å². The summed E-state index contributed by atoms with van der Waals surface area (Å²) in [6, 6.07) is 4.29. The topological polar surface area (TPSA) is 29.3 Å². The Labute approximate surface area is 149 Å². The van der Waals surface area contributed by atoms with E-state index in [9.17, 15) is 8.78 Å². The summed E-state index contributed by atoms with van der Waals surface area (Å²) in [4.78, 5) is 5.35. The van der Waals surface area contributed by atoms with Gasteiger partial charge in [-0.3, -0.25) is 4.40 Å². The lowest BCUT2D eigenvalue weighted by atomic mass is 9.95. The molecular formula is C19H21F2N3S. The highest BCUT2D eigenvalue weighted by Gasteiger charge is 2.25. The Hall–Kier alpha value is -1.95. The second-order valence-electron chi connectivity index (χ2n) is 6.58. The number of benzene rings is 1. The third-order valence-corrected chi connectivity index (χ3v) is 5.82. The molecule has 2 heterocycles. The minimum absolute atomic E-state index is 0.0428. The van der Waals surface area contributed by atoms with Crippen molar-refractivity contribution < 1.29 is 8.78 Å². The smallest absolute Gasteiger partial charge is 0.196 e. The summed E-state index contributed by atoms with van der Waals surface area (Å²) < 4.78 is 30.8. The van der Waals surface area contributed by atoms with Gasteiger partial charge in [0.2, 0.25) is 0 Å². The second kappa shape index (κ2) is 6.75. The highest BCUT2D eigenvalue weighted by Crippen LogP contribution is 2.36. The summed E-state index contributed by atoms with van der Waals surface area (Å²) in [7, 11) is 0. The van der Waals surface area contributed by atoms with Crippen LogP contribution in [0.25, 0.3) is 16.2 Å². The van der Waals surface area contributed by atoms with E-state index in [4.69, 9.17) is 0 Å². The van der Waals surface area contributed by atoms with Gasteiger partial charge < -0.3 is 5.32 Å². The quantitative estimate of drug-likeness (QED) is 0.651. The summed E-state index contributed by atoms with van der Waals surface area (Å²) in [6.07, 6.45) is 6.64. The first kappa shape index (κ1) is 16.5. The van der Waals surface area contributed by atoms with Crippen molar-refractivity contribution in [2.45, 2.75) is 51.5 Å². The molecule has 1 aliphatic rings. The van der Waals surface area contributed by atoms with Gasteiger partial charge in [0.15, 0.2) is 4.96 Å². The van der Waals surface area contributed by atoms with Crippen molar-refractivity contribution in [2.75, 3.05) is 5.32 Å². The average Bonchev–Trinajstić information content (AvgIpc) is 3.16. The first-order valence-electron chi connectivity index (χ1n) is 8.88. The third kappa shape index (κ3) is 2.92. The Kier molecular flexibility index (Phi) is 4.46. The summed E-state index contributed by atoms with van der Waals surface area (Å²) in [5, 5.41) is 5.63. The van der Waals surface area contributed by atoms with Gasteiger partial charge in [0.25, 0.3) is 0 Å². The van der Waals surface area contributed by atoms with Crippen LogP contribution in [-0.2, 0) is 6.42 Å². The Bertz CT molecular complexity index is 873. The molecule has 1 saturated carbocycles. The van der Waals surface area contributed by atoms with E-state index in [1.807, 2.05) is 4.40 Å². The molecule has 3 aromatic rings.